The highest BCUT2D eigenvalue weighted by Crippen LogP contribution is 2.31. The minimum absolute atomic E-state index is 0.421. The Hall–Kier alpha value is -0.770. The first-order valence-corrected chi connectivity index (χ1v) is 6.81. The fourth-order valence-electron chi connectivity index (χ4n) is 1.71. The molecule has 0 fully saturated rings. The predicted octanol–water partition coefficient (Wildman–Crippen LogP) is 3.61. The quantitative estimate of drug-likeness (QED) is 0.923. The second-order valence-electron chi connectivity index (χ2n) is 5.12. The van der Waals surface area contributed by atoms with Crippen LogP contribution < -0.4 is 10.6 Å². The summed E-state index contributed by atoms with van der Waals surface area (Å²) < 4.78 is 1.01. The van der Waals surface area contributed by atoms with Gasteiger partial charge >= 0.3 is 0 Å². The van der Waals surface area contributed by atoms with Gasteiger partial charge in [-0.05, 0) is 48.2 Å². The van der Waals surface area contributed by atoms with Gasteiger partial charge in [0.15, 0.2) is 0 Å². The third-order valence-corrected chi connectivity index (χ3v) is 3.69. The van der Waals surface area contributed by atoms with Gasteiger partial charge in [-0.15, -0.1) is 0 Å². The number of nitrogen functional groups attached to an aromatic ring is 1. The molecular formula is C13H22BrN3. The van der Waals surface area contributed by atoms with E-state index in [0.717, 1.165) is 28.1 Å². The maximum absolute atomic E-state index is 5.86. The van der Waals surface area contributed by atoms with E-state index >= 15 is 0 Å². The average Bonchev–Trinajstić information content (AvgIpc) is 2.23. The molecule has 0 radical (unpaired) electrons. The molecule has 0 atom stereocenters. The van der Waals surface area contributed by atoms with Crippen LogP contribution in [0, 0.1) is 12.8 Å². The minimum Gasteiger partial charge on any atom is -0.397 e. The van der Waals surface area contributed by atoms with Gasteiger partial charge < -0.3 is 10.6 Å². The van der Waals surface area contributed by atoms with Crippen molar-refractivity contribution in [3.63, 3.8) is 0 Å². The molecule has 0 spiro atoms. The van der Waals surface area contributed by atoms with E-state index in [-0.39, 0.29) is 0 Å². The van der Waals surface area contributed by atoms with Crippen molar-refractivity contribution in [3.8, 4) is 0 Å². The summed E-state index contributed by atoms with van der Waals surface area (Å²) in [6.45, 7) is 11.8. The fraction of sp³-hybridized carbons (Fsp3) is 0.615. The molecule has 2 N–H and O–H groups in total. The van der Waals surface area contributed by atoms with Crippen molar-refractivity contribution in [2.45, 2.75) is 40.7 Å². The van der Waals surface area contributed by atoms with Gasteiger partial charge in [0.05, 0.1) is 16.4 Å². The zero-order valence-electron chi connectivity index (χ0n) is 11.3. The molecule has 1 heterocycles. The van der Waals surface area contributed by atoms with E-state index in [2.05, 4.69) is 53.5 Å². The molecule has 1 rings (SSSR count). The van der Waals surface area contributed by atoms with Gasteiger partial charge in [0, 0.05) is 12.6 Å². The number of hydrogen-bond donors (Lipinski definition) is 1. The second-order valence-corrected chi connectivity index (χ2v) is 5.91. The second kappa shape index (κ2) is 5.71. The summed E-state index contributed by atoms with van der Waals surface area (Å²) in [6.07, 6.45) is 1.74. The van der Waals surface area contributed by atoms with Gasteiger partial charge in [0.25, 0.3) is 0 Å². The highest BCUT2D eigenvalue weighted by molar-refractivity contribution is 9.10. The predicted molar refractivity (Wildman–Crippen MR) is 78.4 cm³/mol. The minimum atomic E-state index is 0.421. The van der Waals surface area contributed by atoms with Crippen LogP contribution in [-0.4, -0.2) is 17.6 Å². The Morgan fingerprint density at radius 3 is 2.41 bits per heavy atom. The topological polar surface area (TPSA) is 42.1 Å². The Morgan fingerprint density at radius 1 is 1.35 bits per heavy atom. The molecule has 1 aromatic rings. The van der Waals surface area contributed by atoms with E-state index in [0.29, 0.717) is 12.0 Å². The molecule has 0 saturated carbocycles. The lowest BCUT2D eigenvalue weighted by atomic mass is 10.1. The van der Waals surface area contributed by atoms with Gasteiger partial charge in [-0.25, -0.2) is 4.98 Å². The molecule has 0 bridgehead atoms. The largest absolute Gasteiger partial charge is 0.397 e. The van der Waals surface area contributed by atoms with Crippen molar-refractivity contribution in [2.75, 3.05) is 17.2 Å². The van der Waals surface area contributed by atoms with E-state index in [4.69, 9.17) is 5.73 Å². The number of rotatable bonds is 4. The third-order valence-electron chi connectivity index (χ3n) is 2.74. The highest BCUT2D eigenvalue weighted by atomic mass is 79.9. The highest BCUT2D eigenvalue weighted by Gasteiger charge is 2.18. The smallest absolute Gasteiger partial charge is 0.143 e. The number of halogens is 1. The van der Waals surface area contributed by atoms with Crippen molar-refractivity contribution < 1.29 is 0 Å². The number of anilines is 2. The van der Waals surface area contributed by atoms with Crippen LogP contribution in [0.25, 0.3) is 0 Å². The Morgan fingerprint density at radius 2 is 1.94 bits per heavy atom. The van der Waals surface area contributed by atoms with Gasteiger partial charge in [0.1, 0.15) is 5.82 Å². The number of aromatic nitrogens is 1. The van der Waals surface area contributed by atoms with Crippen LogP contribution in [0.1, 0.15) is 33.3 Å². The lowest BCUT2D eigenvalue weighted by molar-refractivity contribution is 0.565. The first kappa shape index (κ1) is 14.3. The molecule has 17 heavy (non-hydrogen) atoms. The van der Waals surface area contributed by atoms with Gasteiger partial charge in [-0.2, -0.15) is 0 Å². The summed E-state index contributed by atoms with van der Waals surface area (Å²) in [5.41, 5.74) is 7.65. The lowest BCUT2D eigenvalue weighted by Gasteiger charge is -2.31. The molecule has 4 heteroatoms. The van der Waals surface area contributed by atoms with Gasteiger partial charge in [-0.1, -0.05) is 13.8 Å². The molecular weight excluding hydrogens is 278 g/mol. The van der Waals surface area contributed by atoms with Crippen molar-refractivity contribution in [2.24, 2.45) is 5.92 Å². The summed E-state index contributed by atoms with van der Waals surface area (Å²) >= 11 is 3.61. The molecule has 0 aliphatic carbocycles. The van der Waals surface area contributed by atoms with Crippen LogP contribution >= 0.6 is 15.9 Å². The molecule has 3 nitrogen and oxygen atoms in total. The molecule has 1 aromatic heterocycles. The van der Waals surface area contributed by atoms with Crippen molar-refractivity contribution in [1.29, 1.82) is 0 Å². The first-order valence-electron chi connectivity index (χ1n) is 6.01. The molecule has 0 aliphatic heterocycles. The Bertz CT molecular complexity index is 388. The molecule has 96 valence electrons. The number of hydrogen-bond acceptors (Lipinski definition) is 3. The van der Waals surface area contributed by atoms with Gasteiger partial charge in [0.2, 0.25) is 0 Å². The normalized spacial score (nSPS) is 11.3. The molecule has 0 saturated heterocycles. The SMILES string of the molecule is Cc1c(N)cnc(N(CC(C)C)C(C)C)c1Br. The molecule has 0 amide bonds. The van der Waals surface area contributed by atoms with E-state index in [9.17, 15) is 0 Å². The number of nitrogens with zero attached hydrogens (tertiary/aromatic N) is 2. The van der Waals surface area contributed by atoms with Crippen LogP contribution in [0.5, 0.6) is 0 Å². The Balaban J connectivity index is 3.15. The van der Waals surface area contributed by atoms with Crippen LogP contribution in [0.2, 0.25) is 0 Å². The van der Waals surface area contributed by atoms with Crippen molar-refractivity contribution in [1.82, 2.24) is 4.98 Å². The lowest BCUT2D eigenvalue weighted by Crippen LogP contribution is -2.35. The van der Waals surface area contributed by atoms with Crippen molar-refractivity contribution in [3.05, 3.63) is 16.2 Å². The fourth-order valence-corrected chi connectivity index (χ4v) is 2.27. The molecule has 0 aliphatic rings. The zero-order valence-corrected chi connectivity index (χ0v) is 12.9. The zero-order chi connectivity index (χ0) is 13.2. The Labute approximate surface area is 113 Å². The van der Waals surface area contributed by atoms with Crippen LogP contribution in [0.3, 0.4) is 0 Å². The first-order chi connectivity index (χ1) is 7.84. The standard InChI is InChI=1S/C13H22BrN3/c1-8(2)7-17(9(3)4)13-12(14)10(5)11(15)6-16-13/h6,8-9H,7,15H2,1-5H3. The van der Waals surface area contributed by atoms with Crippen molar-refractivity contribution >= 4 is 27.4 Å². The maximum Gasteiger partial charge on any atom is 0.143 e. The monoisotopic (exact) mass is 299 g/mol. The third kappa shape index (κ3) is 3.35. The maximum atomic E-state index is 5.86. The van der Waals surface area contributed by atoms with Crippen LogP contribution in [0.4, 0.5) is 11.5 Å². The summed E-state index contributed by atoms with van der Waals surface area (Å²) in [5, 5.41) is 0. The van der Waals surface area contributed by atoms with E-state index in [1.807, 2.05) is 6.92 Å². The van der Waals surface area contributed by atoms with Gasteiger partial charge in [-0.3, -0.25) is 0 Å². The van der Waals surface area contributed by atoms with Crippen LogP contribution in [0.15, 0.2) is 10.7 Å². The number of nitrogens with two attached hydrogens (primary N) is 1. The number of pyridine rings is 1. The summed E-state index contributed by atoms with van der Waals surface area (Å²) in [6, 6.07) is 0.421. The Kier molecular flexibility index (Phi) is 4.80. The summed E-state index contributed by atoms with van der Waals surface area (Å²) in [7, 11) is 0. The average molecular weight is 300 g/mol. The molecule has 0 unspecified atom stereocenters. The summed E-state index contributed by atoms with van der Waals surface area (Å²) in [5.74, 6) is 1.59. The van der Waals surface area contributed by atoms with E-state index < -0.39 is 0 Å². The van der Waals surface area contributed by atoms with Crippen LogP contribution in [-0.2, 0) is 0 Å². The van der Waals surface area contributed by atoms with E-state index in [1.165, 1.54) is 0 Å². The summed E-state index contributed by atoms with van der Waals surface area (Å²) in [4.78, 5) is 6.77. The molecule has 0 aromatic carbocycles. The van der Waals surface area contributed by atoms with E-state index in [1.54, 1.807) is 6.20 Å².